The summed E-state index contributed by atoms with van der Waals surface area (Å²) < 4.78 is 0.638. The second-order valence-corrected chi connectivity index (χ2v) is 6.82. The summed E-state index contributed by atoms with van der Waals surface area (Å²) in [4.78, 5) is 14.9. The number of hydrogen-bond acceptors (Lipinski definition) is 3. The fourth-order valence-electron chi connectivity index (χ4n) is 1.93. The Morgan fingerprint density at radius 3 is 2.65 bits per heavy atom. The number of ketones is 1. The number of hydrogen-bond donors (Lipinski definition) is 0. The van der Waals surface area contributed by atoms with Crippen LogP contribution in [0.15, 0.2) is 36.4 Å². The molecule has 0 aliphatic heterocycles. The Hall–Kier alpha value is -0.870. The first-order chi connectivity index (χ1) is 9.47. The molecule has 1 unspecified atom stereocenters. The van der Waals surface area contributed by atoms with Gasteiger partial charge >= 0.3 is 0 Å². The highest BCUT2D eigenvalue weighted by Crippen LogP contribution is 2.24. The van der Waals surface area contributed by atoms with Gasteiger partial charge in [-0.2, -0.15) is 0 Å². The van der Waals surface area contributed by atoms with Crippen LogP contribution in [0.25, 0.3) is 0 Å². The van der Waals surface area contributed by atoms with Crippen molar-refractivity contribution in [1.29, 1.82) is 0 Å². The summed E-state index contributed by atoms with van der Waals surface area (Å²) in [7, 11) is 1.93. The van der Waals surface area contributed by atoms with Crippen LogP contribution in [-0.2, 0) is 0 Å². The van der Waals surface area contributed by atoms with Crippen molar-refractivity contribution in [3.05, 3.63) is 56.2 Å². The molecule has 0 spiro atoms. The van der Waals surface area contributed by atoms with Crippen LogP contribution in [0.2, 0.25) is 9.36 Å². The van der Waals surface area contributed by atoms with Crippen molar-refractivity contribution in [2.24, 2.45) is 0 Å². The number of nitrogens with zero attached hydrogens (tertiary/aromatic N) is 1. The van der Waals surface area contributed by atoms with Crippen molar-refractivity contribution in [3.63, 3.8) is 0 Å². The largest absolute Gasteiger partial charge is 0.292 e. The molecule has 2 rings (SSSR count). The summed E-state index contributed by atoms with van der Waals surface area (Å²) in [6, 6.07) is 11.3. The molecule has 0 saturated carbocycles. The summed E-state index contributed by atoms with van der Waals surface area (Å²) in [5, 5.41) is 0.708. The molecule has 0 bridgehead atoms. The molecule has 1 heterocycles. The molecule has 0 N–H and O–H groups in total. The van der Waals surface area contributed by atoms with Crippen LogP contribution < -0.4 is 0 Å². The number of Topliss-reactive ketones (excluding diaryl/α,β-unsaturated/α-hetero) is 1. The van der Waals surface area contributed by atoms with E-state index in [1.54, 1.807) is 12.1 Å². The Morgan fingerprint density at radius 1 is 1.30 bits per heavy atom. The third kappa shape index (κ3) is 3.83. The second kappa shape index (κ2) is 6.72. The summed E-state index contributed by atoms with van der Waals surface area (Å²) in [6.07, 6.45) is 0. The molecular weight excluding hydrogens is 313 g/mol. The van der Waals surface area contributed by atoms with Crippen molar-refractivity contribution in [2.75, 3.05) is 13.6 Å². The summed E-state index contributed by atoms with van der Waals surface area (Å²) in [5.74, 6) is 0.0817. The molecular formula is C15H15Cl2NOS. The van der Waals surface area contributed by atoms with Crippen LogP contribution in [0.1, 0.15) is 28.2 Å². The Balaban J connectivity index is 2.04. The van der Waals surface area contributed by atoms with Gasteiger partial charge in [0.15, 0.2) is 5.78 Å². The van der Waals surface area contributed by atoms with Crippen molar-refractivity contribution >= 4 is 40.3 Å². The third-order valence-electron chi connectivity index (χ3n) is 3.23. The lowest BCUT2D eigenvalue weighted by molar-refractivity contribution is 0.0929. The zero-order valence-electron chi connectivity index (χ0n) is 11.3. The highest BCUT2D eigenvalue weighted by atomic mass is 35.5. The lowest BCUT2D eigenvalue weighted by Crippen LogP contribution is -2.28. The summed E-state index contributed by atoms with van der Waals surface area (Å²) in [5.41, 5.74) is 1.09. The minimum absolute atomic E-state index is 0.0817. The molecule has 1 aromatic heterocycles. The van der Waals surface area contributed by atoms with E-state index in [1.165, 1.54) is 11.3 Å². The SMILES string of the molecule is CC(c1cccc(Cl)c1)N(C)CC(=O)c1ccc(Cl)s1. The maximum Gasteiger partial charge on any atom is 0.186 e. The maximum atomic E-state index is 12.2. The van der Waals surface area contributed by atoms with E-state index in [2.05, 4.69) is 6.92 Å². The monoisotopic (exact) mass is 327 g/mol. The molecule has 0 saturated heterocycles. The van der Waals surface area contributed by atoms with E-state index >= 15 is 0 Å². The number of halogens is 2. The third-order valence-corrected chi connectivity index (χ3v) is 4.74. The predicted molar refractivity (Wildman–Crippen MR) is 86.2 cm³/mol. The van der Waals surface area contributed by atoms with Crippen LogP contribution in [0, 0.1) is 0 Å². The standard InChI is InChI=1S/C15H15Cl2NOS/c1-10(11-4-3-5-12(16)8-11)18(2)9-13(19)14-6-7-15(17)20-14/h3-8,10H,9H2,1-2H3. The van der Waals surface area contributed by atoms with E-state index in [1.807, 2.05) is 36.2 Å². The fraction of sp³-hybridized carbons (Fsp3) is 0.267. The zero-order chi connectivity index (χ0) is 14.7. The van der Waals surface area contributed by atoms with E-state index in [4.69, 9.17) is 23.2 Å². The number of thiophene rings is 1. The van der Waals surface area contributed by atoms with Gasteiger partial charge in [0.05, 0.1) is 15.8 Å². The molecule has 0 aliphatic rings. The van der Waals surface area contributed by atoms with Crippen molar-refractivity contribution in [3.8, 4) is 0 Å². The predicted octanol–water partition coefficient (Wildman–Crippen LogP) is 4.93. The first-order valence-corrected chi connectivity index (χ1v) is 7.79. The van der Waals surface area contributed by atoms with Gasteiger partial charge in [0, 0.05) is 11.1 Å². The first kappa shape index (κ1) is 15.5. The van der Waals surface area contributed by atoms with Crippen LogP contribution in [0.4, 0.5) is 0 Å². The average molecular weight is 328 g/mol. The van der Waals surface area contributed by atoms with Crippen LogP contribution in [0.5, 0.6) is 0 Å². The molecule has 20 heavy (non-hydrogen) atoms. The molecule has 106 valence electrons. The molecule has 0 radical (unpaired) electrons. The normalized spacial score (nSPS) is 12.7. The Labute approximate surface area is 132 Å². The van der Waals surface area contributed by atoms with Gasteiger partial charge in [-0.1, -0.05) is 35.3 Å². The lowest BCUT2D eigenvalue weighted by atomic mass is 10.1. The smallest absolute Gasteiger partial charge is 0.186 e. The fourth-order valence-corrected chi connectivity index (χ4v) is 3.10. The van der Waals surface area contributed by atoms with E-state index in [0.717, 1.165) is 5.56 Å². The zero-order valence-corrected chi connectivity index (χ0v) is 13.6. The molecule has 1 atom stereocenters. The van der Waals surface area contributed by atoms with Crippen molar-refractivity contribution in [2.45, 2.75) is 13.0 Å². The number of carbonyl (C=O) groups is 1. The van der Waals surface area contributed by atoms with Gasteiger partial charge in [0.1, 0.15) is 0 Å². The van der Waals surface area contributed by atoms with Gasteiger partial charge in [-0.3, -0.25) is 9.69 Å². The molecule has 0 aliphatic carbocycles. The highest BCUT2D eigenvalue weighted by molar-refractivity contribution is 7.18. The first-order valence-electron chi connectivity index (χ1n) is 6.21. The average Bonchev–Trinajstić information content (AvgIpc) is 2.84. The Bertz CT molecular complexity index is 611. The van der Waals surface area contributed by atoms with Gasteiger partial charge < -0.3 is 0 Å². The Morgan fingerprint density at radius 2 is 2.05 bits per heavy atom. The van der Waals surface area contributed by atoms with Gasteiger partial charge in [-0.25, -0.2) is 0 Å². The Kier molecular flexibility index (Phi) is 5.22. The highest BCUT2D eigenvalue weighted by Gasteiger charge is 2.17. The minimum Gasteiger partial charge on any atom is -0.292 e. The number of likely N-dealkylation sites (N-methyl/N-ethyl adjacent to an activating group) is 1. The molecule has 2 nitrogen and oxygen atoms in total. The van der Waals surface area contributed by atoms with Gasteiger partial charge in [0.25, 0.3) is 0 Å². The molecule has 0 fully saturated rings. The number of benzene rings is 1. The molecule has 0 amide bonds. The van der Waals surface area contributed by atoms with Crippen LogP contribution in [0.3, 0.4) is 0 Å². The van der Waals surface area contributed by atoms with E-state index in [-0.39, 0.29) is 11.8 Å². The van der Waals surface area contributed by atoms with E-state index in [0.29, 0.717) is 20.8 Å². The molecule has 5 heteroatoms. The topological polar surface area (TPSA) is 20.3 Å². The summed E-state index contributed by atoms with van der Waals surface area (Å²) in [6.45, 7) is 2.41. The minimum atomic E-state index is 0.0817. The van der Waals surface area contributed by atoms with Gasteiger partial charge in [-0.05, 0) is 43.8 Å². The lowest BCUT2D eigenvalue weighted by Gasteiger charge is -2.24. The number of rotatable bonds is 5. The van der Waals surface area contributed by atoms with Gasteiger partial charge in [0.2, 0.25) is 0 Å². The van der Waals surface area contributed by atoms with Crippen LogP contribution in [-0.4, -0.2) is 24.3 Å². The van der Waals surface area contributed by atoms with Crippen molar-refractivity contribution in [1.82, 2.24) is 4.90 Å². The molecule has 2 aromatic rings. The quantitative estimate of drug-likeness (QED) is 0.725. The van der Waals surface area contributed by atoms with Gasteiger partial charge in [-0.15, -0.1) is 11.3 Å². The van der Waals surface area contributed by atoms with Crippen LogP contribution >= 0.6 is 34.5 Å². The second-order valence-electron chi connectivity index (χ2n) is 4.67. The maximum absolute atomic E-state index is 12.2. The summed E-state index contributed by atoms with van der Waals surface area (Å²) >= 11 is 13.2. The van der Waals surface area contributed by atoms with E-state index < -0.39 is 0 Å². The van der Waals surface area contributed by atoms with Crippen molar-refractivity contribution < 1.29 is 4.79 Å². The number of carbonyl (C=O) groups excluding carboxylic acids is 1. The van der Waals surface area contributed by atoms with E-state index in [9.17, 15) is 4.79 Å². The molecule has 1 aromatic carbocycles.